The fourth-order valence-corrected chi connectivity index (χ4v) is 5.24. The molecule has 0 N–H and O–H groups in total. The van der Waals surface area contributed by atoms with E-state index in [-0.39, 0.29) is 5.56 Å². The number of fused-ring (bicyclic) bond motifs is 1. The standard InChI is InChI=1S/C28H31F3O/c1-2-3-4-5-6-19-7-9-20(10-8-19)21-11-13-22(14-12-21)24-17-23-15-16-26(32)28(30,31)27(23)25(29)18-24/h11-20H,2-10H2,1H3. The van der Waals surface area contributed by atoms with Crippen molar-refractivity contribution in [3.63, 3.8) is 0 Å². The molecule has 32 heavy (non-hydrogen) atoms. The van der Waals surface area contributed by atoms with E-state index in [0.717, 1.165) is 23.6 Å². The minimum atomic E-state index is -3.81. The third-order valence-corrected chi connectivity index (χ3v) is 7.19. The summed E-state index contributed by atoms with van der Waals surface area (Å²) in [5.41, 5.74) is 1.86. The van der Waals surface area contributed by atoms with E-state index in [4.69, 9.17) is 0 Å². The number of alkyl halides is 2. The van der Waals surface area contributed by atoms with Gasteiger partial charge in [0.05, 0.1) is 5.56 Å². The van der Waals surface area contributed by atoms with Gasteiger partial charge in [0.15, 0.2) is 0 Å². The fourth-order valence-electron chi connectivity index (χ4n) is 5.24. The first-order chi connectivity index (χ1) is 15.4. The summed E-state index contributed by atoms with van der Waals surface area (Å²) < 4.78 is 42.8. The number of carbonyl (C=O) groups is 1. The van der Waals surface area contributed by atoms with E-state index in [1.165, 1.54) is 75.5 Å². The minimum Gasteiger partial charge on any atom is -0.288 e. The second-order valence-corrected chi connectivity index (χ2v) is 9.38. The van der Waals surface area contributed by atoms with Crippen LogP contribution in [-0.2, 0) is 10.7 Å². The molecule has 1 fully saturated rings. The molecule has 2 aromatic rings. The molecule has 0 unspecified atom stereocenters. The van der Waals surface area contributed by atoms with Crippen molar-refractivity contribution < 1.29 is 18.0 Å². The van der Waals surface area contributed by atoms with Crippen molar-refractivity contribution in [1.82, 2.24) is 0 Å². The van der Waals surface area contributed by atoms with Crippen LogP contribution < -0.4 is 0 Å². The normalized spacial score (nSPS) is 22.1. The highest BCUT2D eigenvalue weighted by Crippen LogP contribution is 2.41. The lowest BCUT2D eigenvalue weighted by Crippen LogP contribution is -2.29. The number of halogens is 3. The summed E-state index contributed by atoms with van der Waals surface area (Å²) in [5.74, 6) is -4.81. The van der Waals surface area contributed by atoms with E-state index < -0.39 is 23.1 Å². The zero-order valence-corrected chi connectivity index (χ0v) is 18.7. The average molecular weight is 441 g/mol. The van der Waals surface area contributed by atoms with E-state index in [9.17, 15) is 18.0 Å². The van der Waals surface area contributed by atoms with E-state index >= 15 is 0 Å². The highest BCUT2D eigenvalue weighted by molar-refractivity contribution is 6.03. The monoisotopic (exact) mass is 440 g/mol. The van der Waals surface area contributed by atoms with Gasteiger partial charge < -0.3 is 0 Å². The fraction of sp³-hybridized carbons (Fsp3) is 0.464. The molecule has 2 aliphatic rings. The van der Waals surface area contributed by atoms with E-state index in [2.05, 4.69) is 19.1 Å². The Morgan fingerprint density at radius 2 is 1.62 bits per heavy atom. The summed E-state index contributed by atoms with van der Waals surface area (Å²) in [6, 6.07) is 10.7. The maximum atomic E-state index is 14.6. The number of hydrogen-bond acceptors (Lipinski definition) is 1. The first-order valence-corrected chi connectivity index (χ1v) is 11.9. The maximum absolute atomic E-state index is 14.6. The lowest BCUT2D eigenvalue weighted by atomic mass is 9.77. The Balaban J connectivity index is 1.43. The van der Waals surface area contributed by atoms with Gasteiger partial charge in [0.2, 0.25) is 5.78 Å². The van der Waals surface area contributed by atoms with Crippen molar-refractivity contribution in [3.8, 4) is 11.1 Å². The number of carbonyl (C=O) groups excluding carboxylic acids is 1. The van der Waals surface area contributed by atoms with Crippen LogP contribution in [0.2, 0.25) is 0 Å². The van der Waals surface area contributed by atoms with Crippen molar-refractivity contribution in [1.29, 1.82) is 0 Å². The summed E-state index contributed by atoms with van der Waals surface area (Å²) in [6.45, 7) is 2.25. The van der Waals surface area contributed by atoms with Crippen LogP contribution in [0.15, 0.2) is 42.5 Å². The van der Waals surface area contributed by atoms with Crippen molar-refractivity contribution in [2.45, 2.75) is 76.6 Å². The highest BCUT2D eigenvalue weighted by atomic mass is 19.3. The van der Waals surface area contributed by atoms with Crippen LogP contribution >= 0.6 is 0 Å². The van der Waals surface area contributed by atoms with Gasteiger partial charge in [-0.1, -0.05) is 69.4 Å². The molecule has 0 bridgehead atoms. The second kappa shape index (κ2) is 9.64. The third-order valence-electron chi connectivity index (χ3n) is 7.19. The molecule has 0 aliphatic heterocycles. The second-order valence-electron chi connectivity index (χ2n) is 9.38. The van der Waals surface area contributed by atoms with Crippen LogP contribution in [0.4, 0.5) is 13.2 Å². The molecule has 0 amide bonds. The van der Waals surface area contributed by atoms with Gasteiger partial charge in [-0.05, 0) is 78.0 Å². The van der Waals surface area contributed by atoms with Crippen LogP contribution in [-0.4, -0.2) is 5.78 Å². The summed E-state index contributed by atoms with van der Waals surface area (Å²) in [6.07, 6.45) is 13.8. The van der Waals surface area contributed by atoms with Gasteiger partial charge in [0.25, 0.3) is 0 Å². The summed E-state index contributed by atoms with van der Waals surface area (Å²) in [7, 11) is 0. The van der Waals surface area contributed by atoms with E-state index in [1.54, 1.807) is 0 Å². The predicted octanol–water partition coefficient (Wildman–Crippen LogP) is 8.42. The Morgan fingerprint density at radius 1 is 0.906 bits per heavy atom. The third kappa shape index (κ3) is 4.69. The number of unbranched alkanes of at least 4 members (excludes halogenated alkanes) is 3. The first kappa shape index (κ1) is 22.8. The Morgan fingerprint density at radius 3 is 2.31 bits per heavy atom. The van der Waals surface area contributed by atoms with Crippen molar-refractivity contribution in [2.24, 2.45) is 5.92 Å². The van der Waals surface area contributed by atoms with Crippen molar-refractivity contribution >= 4 is 11.9 Å². The minimum absolute atomic E-state index is 0.0611. The van der Waals surface area contributed by atoms with Gasteiger partial charge in [-0.2, -0.15) is 8.78 Å². The molecule has 4 rings (SSSR count). The number of rotatable bonds is 7. The van der Waals surface area contributed by atoms with Crippen LogP contribution in [0.5, 0.6) is 0 Å². The lowest BCUT2D eigenvalue weighted by Gasteiger charge is -2.29. The molecule has 1 nitrogen and oxygen atoms in total. The van der Waals surface area contributed by atoms with E-state index in [0.29, 0.717) is 11.5 Å². The molecule has 0 heterocycles. The van der Waals surface area contributed by atoms with Gasteiger partial charge >= 0.3 is 5.92 Å². The highest BCUT2D eigenvalue weighted by Gasteiger charge is 2.45. The molecule has 0 atom stereocenters. The summed E-state index contributed by atoms with van der Waals surface area (Å²) in [4.78, 5) is 11.5. The van der Waals surface area contributed by atoms with E-state index in [1.807, 2.05) is 12.1 Å². The molecule has 0 spiro atoms. The smallest absolute Gasteiger partial charge is 0.288 e. The Kier molecular flexibility index (Phi) is 6.88. The average Bonchev–Trinajstić information content (AvgIpc) is 2.79. The molecule has 170 valence electrons. The molecule has 0 radical (unpaired) electrons. The van der Waals surface area contributed by atoms with Crippen LogP contribution in [0, 0.1) is 11.7 Å². The zero-order chi connectivity index (χ0) is 22.7. The Bertz CT molecular complexity index is 982. The summed E-state index contributed by atoms with van der Waals surface area (Å²) >= 11 is 0. The predicted molar refractivity (Wildman–Crippen MR) is 123 cm³/mol. The molecule has 1 saturated carbocycles. The van der Waals surface area contributed by atoms with Gasteiger partial charge in [0.1, 0.15) is 5.82 Å². The molecular formula is C28H31F3O. The zero-order valence-electron chi connectivity index (χ0n) is 18.7. The molecule has 0 aromatic heterocycles. The van der Waals surface area contributed by atoms with Crippen molar-refractivity contribution in [2.75, 3.05) is 0 Å². The molecular weight excluding hydrogens is 409 g/mol. The Labute approximate surface area is 188 Å². The number of allylic oxidation sites excluding steroid dienone is 1. The van der Waals surface area contributed by atoms with Crippen molar-refractivity contribution in [3.05, 3.63) is 65.0 Å². The Hall–Kier alpha value is -2.36. The van der Waals surface area contributed by atoms with Gasteiger partial charge in [-0.15, -0.1) is 0 Å². The summed E-state index contributed by atoms with van der Waals surface area (Å²) in [5, 5.41) is 0. The largest absolute Gasteiger partial charge is 0.337 e. The van der Waals surface area contributed by atoms with Crippen LogP contribution in [0.25, 0.3) is 17.2 Å². The van der Waals surface area contributed by atoms with Gasteiger partial charge in [-0.3, -0.25) is 4.79 Å². The van der Waals surface area contributed by atoms with Crippen LogP contribution in [0.3, 0.4) is 0 Å². The maximum Gasteiger partial charge on any atom is 0.337 e. The van der Waals surface area contributed by atoms with Gasteiger partial charge in [0, 0.05) is 0 Å². The SMILES string of the molecule is CCCCCCC1CCC(c2ccc(-c3cc(F)c4c(c3)C=CC(=O)C4(F)F)cc2)CC1. The molecule has 4 heteroatoms. The number of ketones is 1. The molecule has 2 aliphatic carbocycles. The van der Waals surface area contributed by atoms with Gasteiger partial charge in [-0.25, -0.2) is 4.39 Å². The van der Waals surface area contributed by atoms with Crippen LogP contribution in [0.1, 0.15) is 87.3 Å². The topological polar surface area (TPSA) is 17.1 Å². The number of hydrogen-bond donors (Lipinski definition) is 0. The molecule has 0 saturated heterocycles. The first-order valence-electron chi connectivity index (χ1n) is 11.9. The quantitative estimate of drug-likeness (QED) is 0.395. The lowest BCUT2D eigenvalue weighted by molar-refractivity contribution is -0.139. The molecule has 2 aromatic carbocycles. The number of benzene rings is 2.